The summed E-state index contributed by atoms with van der Waals surface area (Å²) >= 11 is 0. The van der Waals surface area contributed by atoms with Gasteiger partial charge in [0.25, 0.3) is 5.91 Å². The molecule has 0 bridgehead atoms. The zero-order chi connectivity index (χ0) is 18.6. The number of anilines is 1. The Balaban J connectivity index is 2.07. The molecule has 2 rings (SSSR count). The molecule has 0 radical (unpaired) electrons. The van der Waals surface area contributed by atoms with Crippen molar-refractivity contribution >= 4 is 23.5 Å². The molecule has 1 saturated heterocycles. The number of morpholine rings is 1. The molecule has 1 aliphatic rings. The summed E-state index contributed by atoms with van der Waals surface area (Å²) in [6.07, 6.45) is -0.818. The van der Waals surface area contributed by atoms with Crippen molar-refractivity contribution in [2.45, 2.75) is 26.4 Å². The molecule has 136 valence electrons. The Kier molecular flexibility index (Phi) is 6.08. The van der Waals surface area contributed by atoms with E-state index in [1.54, 1.807) is 0 Å². The zero-order valence-corrected chi connectivity index (χ0v) is 14.1. The zero-order valence-electron chi connectivity index (χ0n) is 14.1. The number of carbonyl (C=O) groups excluding carboxylic acids is 2. The number of carboxylic acid groups (broad SMARTS) is 1. The third-order valence-electron chi connectivity index (χ3n) is 3.71. The molecule has 1 aromatic carbocycles. The molecule has 7 nitrogen and oxygen atoms in total. The lowest BCUT2D eigenvalue weighted by Crippen LogP contribution is -2.48. The smallest absolute Gasteiger partial charge is 0.334 e. The quantitative estimate of drug-likeness (QED) is 0.841. The number of benzene rings is 1. The number of ether oxygens (including phenoxy) is 1. The topological polar surface area (TPSA) is 95.9 Å². The number of hydrogen-bond donors (Lipinski definition) is 2. The van der Waals surface area contributed by atoms with Gasteiger partial charge in [0.2, 0.25) is 5.91 Å². The van der Waals surface area contributed by atoms with E-state index in [1.807, 2.05) is 13.8 Å². The molecule has 0 aromatic heterocycles. The summed E-state index contributed by atoms with van der Waals surface area (Å²) in [5, 5.41) is 11.4. The van der Waals surface area contributed by atoms with Gasteiger partial charge in [-0.25, -0.2) is 9.18 Å². The van der Waals surface area contributed by atoms with E-state index in [9.17, 15) is 18.8 Å². The second kappa shape index (κ2) is 8.06. The van der Waals surface area contributed by atoms with Crippen molar-refractivity contribution in [2.75, 3.05) is 25.0 Å². The SMILES string of the molecule is CC(C)CC(=O)Nc1ccc(C(=O)N2CCOC(C(=O)O)C2)cc1F. The van der Waals surface area contributed by atoms with Gasteiger partial charge in [-0.1, -0.05) is 13.8 Å². The van der Waals surface area contributed by atoms with Crippen molar-refractivity contribution in [1.29, 1.82) is 0 Å². The summed E-state index contributed by atoms with van der Waals surface area (Å²) in [5.41, 5.74) is 0.0954. The lowest BCUT2D eigenvalue weighted by atomic mass is 10.1. The van der Waals surface area contributed by atoms with E-state index < -0.39 is 23.8 Å². The van der Waals surface area contributed by atoms with Gasteiger partial charge in [-0.3, -0.25) is 9.59 Å². The Bertz CT molecular complexity index is 677. The Morgan fingerprint density at radius 1 is 1.40 bits per heavy atom. The number of hydrogen-bond acceptors (Lipinski definition) is 4. The lowest BCUT2D eigenvalue weighted by molar-refractivity contribution is -0.154. The van der Waals surface area contributed by atoms with Crippen LogP contribution in [0.3, 0.4) is 0 Å². The van der Waals surface area contributed by atoms with Crippen LogP contribution in [0.5, 0.6) is 0 Å². The van der Waals surface area contributed by atoms with Crippen LogP contribution in [-0.2, 0) is 14.3 Å². The molecule has 2 amide bonds. The molecule has 25 heavy (non-hydrogen) atoms. The maximum absolute atomic E-state index is 14.2. The van der Waals surface area contributed by atoms with Crippen molar-refractivity contribution in [3.63, 3.8) is 0 Å². The first-order valence-electron chi connectivity index (χ1n) is 8.01. The molecule has 8 heteroatoms. The van der Waals surface area contributed by atoms with Crippen LogP contribution in [0.4, 0.5) is 10.1 Å². The minimum atomic E-state index is -1.15. The molecule has 0 saturated carbocycles. The van der Waals surface area contributed by atoms with Crippen molar-refractivity contribution in [1.82, 2.24) is 4.90 Å². The maximum Gasteiger partial charge on any atom is 0.334 e. The van der Waals surface area contributed by atoms with Crippen LogP contribution in [0.2, 0.25) is 0 Å². The van der Waals surface area contributed by atoms with Gasteiger partial charge >= 0.3 is 5.97 Å². The minimum Gasteiger partial charge on any atom is -0.479 e. The number of nitrogens with one attached hydrogen (secondary N) is 1. The van der Waals surface area contributed by atoms with Crippen LogP contribution in [0, 0.1) is 11.7 Å². The molecule has 1 fully saturated rings. The lowest BCUT2D eigenvalue weighted by Gasteiger charge is -2.31. The fraction of sp³-hybridized carbons (Fsp3) is 0.471. The van der Waals surface area contributed by atoms with Gasteiger partial charge < -0.3 is 20.1 Å². The predicted molar refractivity (Wildman–Crippen MR) is 87.8 cm³/mol. The van der Waals surface area contributed by atoms with Crippen molar-refractivity contribution in [3.8, 4) is 0 Å². The van der Waals surface area contributed by atoms with Crippen LogP contribution < -0.4 is 5.32 Å². The number of carboxylic acids is 1. The number of aliphatic carboxylic acids is 1. The first kappa shape index (κ1) is 18.9. The summed E-state index contributed by atoms with van der Waals surface area (Å²) in [6.45, 7) is 4.00. The average Bonchev–Trinajstić information content (AvgIpc) is 2.55. The molecule has 1 aromatic rings. The van der Waals surface area contributed by atoms with Crippen molar-refractivity contribution < 1.29 is 28.6 Å². The van der Waals surface area contributed by atoms with Crippen LogP contribution in [0.1, 0.15) is 30.6 Å². The summed E-state index contributed by atoms with van der Waals surface area (Å²) in [4.78, 5) is 36.4. The molecule has 1 atom stereocenters. The Morgan fingerprint density at radius 3 is 2.72 bits per heavy atom. The fourth-order valence-electron chi connectivity index (χ4n) is 2.49. The number of rotatable bonds is 5. The highest BCUT2D eigenvalue weighted by atomic mass is 19.1. The van der Waals surface area contributed by atoms with E-state index in [-0.39, 0.29) is 49.2 Å². The normalized spacial score (nSPS) is 17.4. The van der Waals surface area contributed by atoms with Crippen molar-refractivity contribution in [3.05, 3.63) is 29.6 Å². The molecule has 1 heterocycles. The number of carbonyl (C=O) groups is 3. The van der Waals surface area contributed by atoms with Crippen LogP contribution in [0.25, 0.3) is 0 Å². The van der Waals surface area contributed by atoms with E-state index in [0.29, 0.717) is 0 Å². The van der Waals surface area contributed by atoms with Gasteiger partial charge in [-0.05, 0) is 24.1 Å². The standard InChI is InChI=1S/C17H21FN2O5/c1-10(2)7-15(21)19-13-4-3-11(8-12(13)18)16(22)20-5-6-25-14(9-20)17(23)24/h3-4,8,10,14H,5-7,9H2,1-2H3,(H,19,21)(H,23,24). The summed E-state index contributed by atoms with van der Waals surface area (Å²) in [5.74, 6) is -2.50. The largest absolute Gasteiger partial charge is 0.479 e. The fourth-order valence-corrected chi connectivity index (χ4v) is 2.49. The number of nitrogens with zero attached hydrogens (tertiary/aromatic N) is 1. The van der Waals surface area contributed by atoms with Gasteiger partial charge in [-0.2, -0.15) is 0 Å². The van der Waals surface area contributed by atoms with E-state index in [1.165, 1.54) is 17.0 Å². The van der Waals surface area contributed by atoms with Crippen LogP contribution in [0.15, 0.2) is 18.2 Å². The maximum atomic E-state index is 14.2. The average molecular weight is 352 g/mol. The van der Waals surface area contributed by atoms with Gasteiger partial charge in [0.15, 0.2) is 6.10 Å². The Hall–Kier alpha value is -2.48. The summed E-state index contributed by atoms with van der Waals surface area (Å²) < 4.78 is 19.2. The summed E-state index contributed by atoms with van der Waals surface area (Å²) in [7, 11) is 0. The molecular formula is C17H21FN2O5. The second-order valence-electron chi connectivity index (χ2n) is 6.29. The molecule has 0 spiro atoms. The Morgan fingerprint density at radius 2 is 2.12 bits per heavy atom. The van der Waals surface area contributed by atoms with Gasteiger partial charge in [0.1, 0.15) is 5.82 Å². The van der Waals surface area contributed by atoms with Crippen LogP contribution in [-0.4, -0.2) is 53.6 Å². The second-order valence-corrected chi connectivity index (χ2v) is 6.29. The van der Waals surface area contributed by atoms with Crippen LogP contribution >= 0.6 is 0 Å². The van der Waals surface area contributed by atoms with Gasteiger partial charge in [-0.15, -0.1) is 0 Å². The monoisotopic (exact) mass is 352 g/mol. The number of amides is 2. The minimum absolute atomic E-state index is 0.00703. The Labute approximate surface area is 144 Å². The molecule has 0 aliphatic carbocycles. The highest BCUT2D eigenvalue weighted by Crippen LogP contribution is 2.19. The van der Waals surface area contributed by atoms with Gasteiger partial charge in [0, 0.05) is 18.5 Å². The number of halogens is 1. The van der Waals surface area contributed by atoms with E-state index in [0.717, 1.165) is 6.07 Å². The third-order valence-corrected chi connectivity index (χ3v) is 3.71. The third kappa shape index (κ3) is 4.99. The molecule has 2 N–H and O–H groups in total. The van der Waals surface area contributed by atoms with E-state index in [2.05, 4.69) is 5.32 Å². The van der Waals surface area contributed by atoms with Crippen molar-refractivity contribution in [2.24, 2.45) is 5.92 Å². The molecular weight excluding hydrogens is 331 g/mol. The van der Waals surface area contributed by atoms with E-state index >= 15 is 0 Å². The molecule has 1 unspecified atom stereocenters. The highest BCUT2D eigenvalue weighted by Gasteiger charge is 2.29. The summed E-state index contributed by atoms with van der Waals surface area (Å²) in [6, 6.07) is 3.77. The molecule has 1 aliphatic heterocycles. The predicted octanol–water partition coefficient (Wildman–Crippen LogP) is 1.74. The first-order chi connectivity index (χ1) is 11.8. The first-order valence-corrected chi connectivity index (χ1v) is 8.01. The van der Waals surface area contributed by atoms with E-state index in [4.69, 9.17) is 9.84 Å². The highest BCUT2D eigenvalue weighted by molar-refractivity contribution is 5.96. The van der Waals surface area contributed by atoms with Gasteiger partial charge in [0.05, 0.1) is 18.8 Å².